The van der Waals surface area contributed by atoms with Gasteiger partial charge in [0.2, 0.25) is 0 Å². The van der Waals surface area contributed by atoms with Gasteiger partial charge >= 0.3 is 5.97 Å². The summed E-state index contributed by atoms with van der Waals surface area (Å²) in [6.07, 6.45) is 0. The maximum absolute atomic E-state index is 10.8. The molecule has 0 aliphatic heterocycles. The van der Waals surface area contributed by atoms with Crippen molar-refractivity contribution in [1.29, 1.82) is 0 Å². The third-order valence-corrected chi connectivity index (χ3v) is 4.33. The molecular weight excluding hydrogens is 278 g/mol. The van der Waals surface area contributed by atoms with E-state index in [4.69, 9.17) is 16.7 Å². The smallest absolute Gasteiger partial charge is 0.337 e. The molecule has 0 unspecified atom stereocenters. The average molecular weight is 286 g/mol. The monoisotopic (exact) mass is 285 g/mol. The van der Waals surface area contributed by atoms with Crippen LogP contribution in [0.5, 0.6) is 0 Å². The van der Waals surface area contributed by atoms with Gasteiger partial charge in [0.05, 0.1) is 10.6 Å². The fraction of sp³-hybridized carbons (Fsp3) is 0.0909. The lowest BCUT2D eigenvalue weighted by molar-refractivity contribution is 0.0697. The number of aryl methyl sites for hydroxylation is 1. The van der Waals surface area contributed by atoms with Crippen LogP contribution in [0.3, 0.4) is 0 Å². The van der Waals surface area contributed by atoms with E-state index in [1.54, 1.807) is 23.5 Å². The van der Waals surface area contributed by atoms with E-state index >= 15 is 0 Å². The number of carboxylic acid groups (broad SMARTS) is 1. The van der Waals surface area contributed by atoms with Crippen LogP contribution in [0.25, 0.3) is 0 Å². The van der Waals surface area contributed by atoms with Crippen LogP contribution in [0.4, 0.5) is 0 Å². The predicted octanol–water partition coefficient (Wildman–Crippen LogP) is 3.95. The molecule has 88 valence electrons. The van der Waals surface area contributed by atoms with E-state index in [1.165, 1.54) is 17.8 Å². The molecule has 3 nitrogen and oxygen atoms in total. The van der Waals surface area contributed by atoms with E-state index in [0.717, 1.165) is 14.9 Å². The van der Waals surface area contributed by atoms with Crippen LogP contribution < -0.4 is 0 Å². The molecule has 0 atom stereocenters. The van der Waals surface area contributed by atoms with Gasteiger partial charge in [-0.1, -0.05) is 23.4 Å². The first-order chi connectivity index (χ1) is 8.06. The van der Waals surface area contributed by atoms with E-state index in [2.05, 4.69) is 4.98 Å². The molecule has 0 aliphatic rings. The van der Waals surface area contributed by atoms with Crippen molar-refractivity contribution in [3.05, 3.63) is 39.9 Å². The van der Waals surface area contributed by atoms with Crippen molar-refractivity contribution in [3.63, 3.8) is 0 Å². The minimum absolute atomic E-state index is 0.117. The lowest BCUT2D eigenvalue weighted by atomic mass is 10.2. The highest BCUT2D eigenvalue weighted by Crippen LogP contribution is 2.32. The zero-order valence-corrected chi connectivity index (χ0v) is 11.2. The third kappa shape index (κ3) is 3.00. The van der Waals surface area contributed by atoms with E-state index in [1.807, 2.05) is 12.3 Å². The molecular formula is C11H8ClNO2S2. The number of rotatable bonds is 3. The third-order valence-electron chi connectivity index (χ3n) is 1.97. The van der Waals surface area contributed by atoms with E-state index in [-0.39, 0.29) is 10.6 Å². The summed E-state index contributed by atoms with van der Waals surface area (Å²) < 4.78 is 0.918. The summed E-state index contributed by atoms with van der Waals surface area (Å²) in [5, 5.41) is 11.1. The Kier molecular flexibility index (Phi) is 3.71. The van der Waals surface area contributed by atoms with Crippen LogP contribution in [-0.2, 0) is 0 Å². The Labute approximate surface area is 111 Å². The second kappa shape index (κ2) is 5.08. The molecule has 2 rings (SSSR count). The predicted molar refractivity (Wildman–Crippen MR) is 69.4 cm³/mol. The molecule has 2 aromatic rings. The summed E-state index contributed by atoms with van der Waals surface area (Å²) in [5.41, 5.74) is 1.09. The number of carbonyl (C=O) groups is 1. The van der Waals surface area contributed by atoms with Crippen molar-refractivity contribution in [3.8, 4) is 0 Å². The number of nitrogens with zero attached hydrogens (tertiary/aromatic N) is 1. The molecule has 0 radical (unpaired) electrons. The van der Waals surface area contributed by atoms with Crippen LogP contribution >= 0.6 is 34.7 Å². The van der Waals surface area contributed by atoms with E-state index in [9.17, 15) is 4.79 Å². The molecule has 1 aromatic carbocycles. The SMILES string of the molecule is Cc1csc(Sc2ccc(C(=O)O)c(Cl)c2)n1. The van der Waals surface area contributed by atoms with Crippen molar-refractivity contribution in [2.24, 2.45) is 0 Å². The maximum atomic E-state index is 10.8. The molecule has 0 amide bonds. The molecule has 1 heterocycles. The number of hydrogen-bond donors (Lipinski definition) is 1. The molecule has 17 heavy (non-hydrogen) atoms. The fourth-order valence-corrected chi connectivity index (χ4v) is 3.39. The summed E-state index contributed by atoms with van der Waals surface area (Å²) in [5.74, 6) is -1.02. The van der Waals surface area contributed by atoms with Crippen molar-refractivity contribution in [2.45, 2.75) is 16.2 Å². The highest BCUT2D eigenvalue weighted by atomic mass is 35.5. The Morgan fingerprint density at radius 2 is 2.29 bits per heavy atom. The largest absolute Gasteiger partial charge is 0.478 e. The maximum Gasteiger partial charge on any atom is 0.337 e. The zero-order chi connectivity index (χ0) is 12.4. The molecule has 0 saturated carbocycles. The zero-order valence-electron chi connectivity index (χ0n) is 8.81. The minimum atomic E-state index is -1.02. The second-order valence-electron chi connectivity index (χ2n) is 3.30. The van der Waals surface area contributed by atoms with Gasteiger partial charge in [-0.3, -0.25) is 0 Å². The number of halogens is 1. The van der Waals surface area contributed by atoms with E-state index in [0.29, 0.717) is 0 Å². The van der Waals surface area contributed by atoms with Gasteiger partial charge in [0, 0.05) is 16.0 Å². The number of carboxylic acids is 1. The molecule has 0 fully saturated rings. The Balaban J connectivity index is 2.23. The summed E-state index contributed by atoms with van der Waals surface area (Å²) in [4.78, 5) is 16.0. The first-order valence-electron chi connectivity index (χ1n) is 4.69. The highest BCUT2D eigenvalue weighted by molar-refractivity contribution is 8.01. The lowest BCUT2D eigenvalue weighted by Gasteiger charge is -2.01. The first kappa shape index (κ1) is 12.4. The number of hydrogen-bond acceptors (Lipinski definition) is 4. The normalized spacial score (nSPS) is 10.5. The van der Waals surface area contributed by atoms with Crippen LogP contribution in [0.2, 0.25) is 5.02 Å². The molecule has 1 aromatic heterocycles. The quantitative estimate of drug-likeness (QED) is 0.927. The Hall–Kier alpha value is -1.04. The van der Waals surface area contributed by atoms with Crippen molar-refractivity contribution < 1.29 is 9.90 Å². The highest BCUT2D eigenvalue weighted by Gasteiger charge is 2.10. The van der Waals surface area contributed by atoms with Crippen molar-refractivity contribution in [2.75, 3.05) is 0 Å². The number of aromatic nitrogens is 1. The number of benzene rings is 1. The summed E-state index contributed by atoms with van der Waals surface area (Å²) in [6, 6.07) is 4.89. The van der Waals surface area contributed by atoms with Gasteiger partial charge in [0.25, 0.3) is 0 Å². The van der Waals surface area contributed by atoms with Gasteiger partial charge < -0.3 is 5.11 Å². The van der Waals surface area contributed by atoms with Crippen LogP contribution in [-0.4, -0.2) is 16.1 Å². The van der Waals surface area contributed by atoms with E-state index < -0.39 is 5.97 Å². The minimum Gasteiger partial charge on any atom is -0.478 e. The first-order valence-corrected chi connectivity index (χ1v) is 6.76. The van der Waals surface area contributed by atoms with Gasteiger partial charge in [-0.25, -0.2) is 9.78 Å². The fourth-order valence-electron chi connectivity index (χ4n) is 1.21. The molecule has 1 N–H and O–H groups in total. The summed E-state index contributed by atoms with van der Waals surface area (Å²) in [7, 11) is 0. The summed E-state index contributed by atoms with van der Waals surface area (Å²) >= 11 is 8.91. The van der Waals surface area contributed by atoms with Gasteiger partial charge in [-0.2, -0.15) is 0 Å². The number of thiazole rings is 1. The number of aromatic carboxylic acids is 1. The van der Waals surface area contributed by atoms with Crippen LogP contribution in [0, 0.1) is 6.92 Å². The van der Waals surface area contributed by atoms with Gasteiger partial charge in [-0.05, 0) is 25.1 Å². The molecule has 6 heteroatoms. The Morgan fingerprint density at radius 1 is 1.53 bits per heavy atom. The van der Waals surface area contributed by atoms with Gasteiger partial charge in [-0.15, -0.1) is 11.3 Å². The standard InChI is InChI=1S/C11H8ClNO2S2/c1-6-5-16-11(13-6)17-7-2-3-8(10(14)15)9(12)4-7/h2-5H,1H3,(H,14,15). The molecule has 0 spiro atoms. The second-order valence-corrected chi connectivity index (χ2v) is 5.89. The topological polar surface area (TPSA) is 50.2 Å². The van der Waals surface area contributed by atoms with Crippen LogP contribution in [0.1, 0.15) is 16.1 Å². The molecule has 0 bridgehead atoms. The lowest BCUT2D eigenvalue weighted by Crippen LogP contribution is -1.96. The molecule has 0 aliphatic carbocycles. The Morgan fingerprint density at radius 3 is 2.82 bits per heavy atom. The van der Waals surface area contributed by atoms with Crippen molar-refractivity contribution >= 4 is 40.7 Å². The van der Waals surface area contributed by atoms with Gasteiger partial charge in [0.15, 0.2) is 4.34 Å². The summed E-state index contributed by atoms with van der Waals surface area (Å²) in [6.45, 7) is 1.93. The van der Waals surface area contributed by atoms with Gasteiger partial charge in [0.1, 0.15) is 0 Å². The average Bonchev–Trinajstić information content (AvgIpc) is 2.63. The molecule has 0 saturated heterocycles. The van der Waals surface area contributed by atoms with Crippen molar-refractivity contribution in [1.82, 2.24) is 4.98 Å². The van der Waals surface area contributed by atoms with Crippen LogP contribution in [0.15, 0.2) is 32.8 Å². The Bertz CT molecular complexity index is 568.